The molecule has 2 aromatic carbocycles. The number of pyridine rings is 1. The minimum Gasteiger partial charge on any atom is -0.478 e. The number of aromatic nitrogens is 1. The van der Waals surface area contributed by atoms with Crippen LogP contribution < -0.4 is 5.32 Å². The number of amides is 1. The van der Waals surface area contributed by atoms with E-state index < -0.39 is 5.97 Å². The van der Waals surface area contributed by atoms with Crippen LogP contribution in [0.3, 0.4) is 0 Å². The van der Waals surface area contributed by atoms with Crippen LogP contribution in [0.2, 0.25) is 0 Å². The third kappa shape index (κ3) is 3.50. The third-order valence-electron chi connectivity index (χ3n) is 4.02. The molecule has 0 saturated heterocycles. The molecule has 0 radical (unpaired) electrons. The van der Waals surface area contributed by atoms with E-state index in [1.54, 1.807) is 24.3 Å². The molecular weight excluding hydrogens is 316 g/mol. The highest BCUT2D eigenvalue weighted by molar-refractivity contribution is 6.05. The number of fused-ring (bicyclic) bond motifs is 1. The van der Waals surface area contributed by atoms with Gasteiger partial charge in [0.1, 0.15) is 0 Å². The lowest BCUT2D eigenvalue weighted by Crippen LogP contribution is -2.06. The first kappa shape index (κ1) is 16.6. The van der Waals surface area contributed by atoms with Crippen LogP contribution in [0.1, 0.15) is 29.8 Å². The van der Waals surface area contributed by atoms with E-state index in [9.17, 15) is 14.7 Å². The first-order valence-corrected chi connectivity index (χ1v) is 8.03. The summed E-state index contributed by atoms with van der Waals surface area (Å²) in [6.07, 6.45) is 0.942. The molecule has 0 unspecified atom stereocenters. The van der Waals surface area contributed by atoms with Gasteiger partial charge in [-0.2, -0.15) is 0 Å². The molecule has 126 valence electrons. The summed E-state index contributed by atoms with van der Waals surface area (Å²) in [6.45, 7) is 3.49. The smallest absolute Gasteiger partial charge is 0.336 e. The van der Waals surface area contributed by atoms with E-state index >= 15 is 0 Å². The molecule has 0 fully saturated rings. The van der Waals surface area contributed by atoms with Crippen molar-refractivity contribution in [3.63, 3.8) is 0 Å². The molecule has 5 heteroatoms. The molecule has 0 spiro atoms. The zero-order valence-corrected chi connectivity index (χ0v) is 14.0. The van der Waals surface area contributed by atoms with Gasteiger partial charge in [-0.1, -0.05) is 31.2 Å². The first-order chi connectivity index (χ1) is 12.0. The number of carboxylic acids is 1. The lowest BCUT2D eigenvalue weighted by molar-refractivity contribution is -0.114. The number of carboxylic acid groups (broad SMARTS) is 1. The molecule has 0 aliphatic rings. The number of nitrogens with one attached hydrogen (secondary N) is 1. The van der Waals surface area contributed by atoms with Gasteiger partial charge in [-0.3, -0.25) is 4.79 Å². The van der Waals surface area contributed by atoms with Crippen molar-refractivity contribution in [2.75, 3.05) is 5.32 Å². The molecule has 1 aromatic heterocycles. The molecule has 0 aliphatic carbocycles. The molecule has 0 bridgehead atoms. The predicted octanol–water partition coefficient (Wildman–Crippen LogP) is 4.12. The molecule has 2 N–H and O–H groups in total. The minimum absolute atomic E-state index is 0.159. The Morgan fingerprint density at radius 3 is 2.40 bits per heavy atom. The SMILES string of the molecule is CCc1ccc(-c2cc(C(=O)O)c3cc(NC(C)=O)ccc3n2)cc1. The molecule has 0 saturated carbocycles. The number of anilines is 1. The van der Waals surface area contributed by atoms with Gasteiger partial charge in [0, 0.05) is 23.6 Å². The van der Waals surface area contributed by atoms with Crippen LogP contribution in [0.15, 0.2) is 48.5 Å². The number of nitrogens with zero attached hydrogens (tertiary/aromatic N) is 1. The average Bonchev–Trinajstić information content (AvgIpc) is 2.60. The third-order valence-corrected chi connectivity index (χ3v) is 4.02. The van der Waals surface area contributed by atoms with Crippen LogP contribution in [0.25, 0.3) is 22.2 Å². The van der Waals surface area contributed by atoms with E-state index in [1.165, 1.54) is 12.5 Å². The van der Waals surface area contributed by atoms with E-state index in [0.29, 0.717) is 22.3 Å². The van der Waals surface area contributed by atoms with E-state index in [-0.39, 0.29) is 11.5 Å². The van der Waals surface area contributed by atoms with Crippen molar-refractivity contribution < 1.29 is 14.7 Å². The number of benzene rings is 2. The van der Waals surface area contributed by atoms with Gasteiger partial charge < -0.3 is 10.4 Å². The quantitative estimate of drug-likeness (QED) is 0.752. The Morgan fingerprint density at radius 2 is 1.80 bits per heavy atom. The van der Waals surface area contributed by atoms with Crippen LogP contribution >= 0.6 is 0 Å². The summed E-state index contributed by atoms with van der Waals surface area (Å²) in [4.78, 5) is 27.5. The van der Waals surface area contributed by atoms with Crippen molar-refractivity contribution in [3.8, 4) is 11.3 Å². The van der Waals surface area contributed by atoms with Crippen molar-refractivity contribution in [2.45, 2.75) is 20.3 Å². The predicted molar refractivity (Wildman–Crippen MR) is 97.8 cm³/mol. The molecule has 1 amide bonds. The number of hydrogen-bond donors (Lipinski definition) is 2. The summed E-state index contributed by atoms with van der Waals surface area (Å²) in [5.41, 5.74) is 3.97. The second-order valence-electron chi connectivity index (χ2n) is 5.82. The Labute approximate surface area is 145 Å². The van der Waals surface area contributed by atoms with E-state index in [1.807, 2.05) is 24.3 Å². The van der Waals surface area contributed by atoms with Crippen LogP contribution in [0, 0.1) is 0 Å². The number of carbonyl (C=O) groups excluding carboxylic acids is 1. The zero-order chi connectivity index (χ0) is 18.0. The summed E-state index contributed by atoms with van der Waals surface area (Å²) in [7, 11) is 0. The highest BCUT2D eigenvalue weighted by Gasteiger charge is 2.14. The zero-order valence-electron chi connectivity index (χ0n) is 14.0. The summed E-state index contributed by atoms with van der Waals surface area (Å²) < 4.78 is 0. The number of aryl methyl sites for hydroxylation is 1. The number of rotatable bonds is 4. The molecule has 3 rings (SSSR count). The van der Waals surface area contributed by atoms with Crippen molar-refractivity contribution >= 4 is 28.5 Å². The fourth-order valence-corrected chi connectivity index (χ4v) is 2.74. The average molecular weight is 334 g/mol. The first-order valence-electron chi connectivity index (χ1n) is 8.03. The maximum atomic E-state index is 11.7. The van der Waals surface area contributed by atoms with Crippen LogP contribution in [-0.2, 0) is 11.2 Å². The molecule has 0 aliphatic heterocycles. The molecule has 25 heavy (non-hydrogen) atoms. The second-order valence-corrected chi connectivity index (χ2v) is 5.82. The topological polar surface area (TPSA) is 79.3 Å². The van der Waals surface area contributed by atoms with Gasteiger partial charge in [-0.25, -0.2) is 9.78 Å². The van der Waals surface area contributed by atoms with Gasteiger partial charge in [0.05, 0.1) is 16.8 Å². The van der Waals surface area contributed by atoms with Crippen LogP contribution in [0.4, 0.5) is 5.69 Å². The van der Waals surface area contributed by atoms with Crippen molar-refractivity contribution in [2.24, 2.45) is 0 Å². The maximum Gasteiger partial charge on any atom is 0.336 e. The standard InChI is InChI=1S/C20H18N2O3/c1-3-13-4-6-14(7-5-13)19-11-17(20(24)25)16-10-15(21-12(2)23)8-9-18(16)22-19/h4-11H,3H2,1-2H3,(H,21,23)(H,24,25). The fourth-order valence-electron chi connectivity index (χ4n) is 2.74. The number of hydrogen-bond acceptors (Lipinski definition) is 3. The van der Waals surface area contributed by atoms with Gasteiger partial charge in [0.2, 0.25) is 5.91 Å². The Hall–Kier alpha value is -3.21. The van der Waals surface area contributed by atoms with Crippen LogP contribution in [0.5, 0.6) is 0 Å². The van der Waals surface area contributed by atoms with Gasteiger partial charge in [0.15, 0.2) is 0 Å². The maximum absolute atomic E-state index is 11.7. The Morgan fingerprint density at radius 1 is 1.08 bits per heavy atom. The highest BCUT2D eigenvalue weighted by atomic mass is 16.4. The Kier molecular flexibility index (Phi) is 4.48. The Balaban J connectivity index is 2.15. The molecule has 0 atom stereocenters. The van der Waals surface area contributed by atoms with Crippen molar-refractivity contribution in [1.82, 2.24) is 4.98 Å². The largest absolute Gasteiger partial charge is 0.478 e. The normalized spacial score (nSPS) is 10.6. The van der Waals surface area contributed by atoms with Gasteiger partial charge in [0.25, 0.3) is 0 Å². The van der Waals surface area contributed by atoms with Crippen molar-refractivity contribution in [1.29, 1.82) is 0 Å². The van der Waals surface area contributed by atoms with E-state index in [2.05, 4.69) is 17.2 Å². The number of carbonyl (C=O) groups is 2. The molecular formula is C20H18N2O3. The lowest BCUT2D eigenvalue weighted by Gasteiger charge is -2.10. The van der Waals surface area contributed by atoms with Crippen LogP contribution in [-0.4, -0.2) is 22.0 Å². The van der Waals surface area contributed by atoms with Crippen molar-refractivity contribution in [3.05, 3.63) is 59.7 Å². The summed E-state index contributed by atoms with van der Waals surface area (Å²) in [5.74, 6) is -1.24. The van der Waals surface area contributed by atoms with Gasteiger partial charge in [-0.05, 0) is 36.2 Å². The molecule has 5 nitrogen and oxygen atoms in total. The highest BCUT2D eigenvalue weighted by Crippen LogP contribution is 2.27. The lowest BCUT2D eigenvalue weighted by atomic mass is 10.0. The monoisotopic (exact) mass is 334 g/mol. The van der Waals surface area contributed by atoms with E-state index in [4.69, 9.17) is 0 Å². The fraction of sp³-hybridized carbons (Fsp3) is 0.150. The Bertz CT molecular complexity index is 963. The summed E-state index contributed by atoms with van der Waals surface area (Å²) in [6, 6.07) is 14.6. The summed E-state index contributed by atoms with van der Waals surface area (Å²) >= 11 is 0. The molecule has 1 heterocycles. The van der Waals surface area contributed by atoms with Gasteiger partial charge in [-0.15, -0.1) is 0 Å². The summed E-state index contributed by atoms with van der Waals surface area (Å²) in [5, 5.41) is 12.7. The second kappa shape index (κ2) is 6.73. The van der Waals surface area contributed by atoms with E-state index in [0.717, 1.165) is 12.0 Å². The minimum atomic E-state index is -1.03. The number of aromatic carboxylic acids is 1. The molecule has 3 aromatic rings. The van der Waals surface area contributed by atoms with Gasteiger partial charge >= 0.3 is 5.97 Å².